The molecule has 2 rings (SSSR count). The third-order valence-electron chi connectivity index (χ3n) is 3.30. The van der Waals surface area contributed by atoms with E-state index in [0.29, 0.717) is 10.7 Å². The number of carbonyl (C=O) groups is 3. The van der Waals surface area contributed by atoms with Gasteiger partial charge in [0.2, 0.25) is 0 Å². The highest BCUT2D eigenvalue weighted by atomic mass is 32.2. The number of carboxylic acids is 1. The maximum absolute atomic E-state index is 12.3. The Morgan fingerprint density at radius 1 is 1.36 bits per heavy atom. The van der Waals surface area contributed by atoms with Gasteiger partial charge in [-0.25, -0.2) is 4.79 Å². The van der Waals surface area contributed by atoms with Crippen molar-refractivity contribution in [3.05, 3.63) is 39.4 Å². The van der Waals surface area contributed by atoms with Gasteiger partial charge in [-0.05, 0) is 24.5 Å². The minimum atomic E-state index is -1.28. The second kappa shape index (κ2) is 6.14. The number of nitro benzene ring substituents is 1. The molecule has 1 aromatic rings. The first-order valence-electron chi connectivity index (χ1n) is 6.26. The second-order valence-electron chi connectivity index (χ2n) is 4.60. The van der Waals surface area contributed by atoms with Crippen LogP contribution in [0.4, 0.5) is 5.69 Å². The van der Waals surface area contributed by atoms with E-state index >= 15 is 0 Å². The summed E-state index contributed by atoms with van der Waals surface area (Å²) in [5.41, 5.74) is -0.460. The Morgan fingerprint density at radius 3 is 2.55 bits per heavy atom. The number of hydrogen-bond acceptors (Lipinski definition) is 6. The van der Waals surface area contributed by atoms with Gasteiger partial charge in [0.15, 0.2) is 0 Å². The maximum atomic E-state index is 12.3. The molecule has 0 bridgehead atoms. The van der Waals surface area contributed by atoms with E-state index in [1.165, 1.54) is 17.8 Å². The third kappa shape index (κ3) is 2.67. The van der Waals surface area contributed by atoms with Crippen LogP contribution in [0.5, 0.6) is 0 Å². The van der Waals surface area contributed by atoms with Crippen LogP contribution in [0.25, 0.3) is 0 Å². The number of aliphatic carboxylic acids is 1. The molecule has 2 amide bonds. The molecule has 0 aliphatic carbocycles. The number of carbonyl (C=O) groups excluding carboxylic acids is 2. The summed E-state index contributed by atoms with van der Waals surface area (Å²) in [6.07, 6.45) is 1.90. The van der Waals surface area contributed by atoms with Crippen LogP contribution in [0, 0.1) is 10.1 Å². The number of rotatable bonds is 6. The molecule has 116 valence electrons. The zero-order valence-electron chi connectivity index (χ0n) is 11.5. The largest absolute Gasteiger partial charge is 0.480 e. The highest BCUT2D eigenvalue weighted by Gasteiger charge is 2.43. The molecule has 9 heteroatoms. The molecule has 0 saturated carbocycles. The standard InChI is InChI=1S/C13H12N2O6S/c1-22-5-4-10(13(18)19)14-11(16)8-3-2-7(15(20)21)6-9(8)12(14)17/h2-3,6,10H,4-5H2,1H3,(H,18,19). The van der Waals surface area contributed by atoms with Gasteiger partial charge < -0.3 is 5.11 Å². The van der Waals surface area contributed by atoms with Crippen LogP contribution in [0.3, 0.4) is 0 Å². The van der Waals surface area contributed by atoms with Crippen molar-refractivity contribution in [2.45, 2.75) is 12.5 Å². The summed E-state index contributed by atoms with van der Waals surface area (Å²) in [6.45, 7) is 0. The Balaban J connectivity index is 2.40. The van der Waals surface area contributed by atoms with Crippen LogP contribution in [-0.2, 0) is 4.79 Å². The number of fused-ring (bicyclic) bond motifs is 1. The predicted molar refractivity (Wildman–Crippen MR) is 78.0 cm³/mol. The van der Waals surface area contributed by atoms with E-state index in [1.54, 1.807) is 6.26 Å². The second-order valence-corrected chi connectivity index (χ2v) is 5.59. The Bertz CT molecular complexity index is 674. The van der Waals surface area contributed by atoms with E-state index in [2.05, 4.69) is 0 Å². The number of carboxylic acid groups (broad SMARTS) is 1. The Labute approximate surface area is 129 Å². The number of hydrogen-bond donors (Lipinski definition) is 1. The number of thioether (sulfide) groups is 1. The van der Waals surface area contributed by atoms with Crippen LogP contribution in [-0.4, -0.2) is 50.8 Å². The summed E-state index contributed by atoms with van der Waals surface area (Å²) < 4.78 is 0. The molecule has 1 unspecified atom stereocenters. The third-order valence-corrected chi connectivity index (χ3v) is 3.95. The first-order valence-corrected chi connectivity index (χ1v) is 7.66. The van der Waals surface area contributed by atoms with Crippen molar-refractivity contribution in [3.63, 3.8) is 0 Å². The summed E-state index contributed by atoms with van der Waals surface area (Å²) in [4.78, 5) is 46.7. The number of benzene rings is 1. The minimum absolute atomic E-state index is 0.00833. The van der Waals surface area contributed by atoms with Gasteiger partial charge >= 0.3 is 5.97 Å². The molecule has 1 aliphatic rings. The van der Waals surface area contributed by atoms with Crippen molar-refractivity contribution < 1.29 is 24.4 Å². The molecule has 0 saturated heterocycles. The molecule has 0 radical (unpaired) electrons. The van der Waals surface area contributed by atoms with Gasteiger partial charge in [0.25, 0.3) is 17.5 Å². The molecular weight excluding hydrogens is 312 g/mol. The first-order chi connectivity index (χ1) is 10.4. The average molecular weight is 324 g/mol. The molecule has 0 aromatic heterocycles. The van der Waals surface area contributed by atoms with Gasteiger partial charge in [-0.2, -0.15) is 11.8 Å². The van der Waals surface area contributed by atoms with Crippen molar-refractivity contribution in [2.24, 2.45) is 0 Å². The number of amides is 2. The molecule has 1 atom stereocenters. The molecule has 0 fully saturated rings. The zero-order chi connectivity index (χ0) is 16.4. The van der Waals surface area contributed by atoms with Gasteiger partial charge in [0, 0.05) is 12.1 Å². The molecule has 1 heterocycles. The van der Waals surface area contributed by atoms with Crippen LogP contribution >= 0.6 is 11.8 Å². The lowest BCUT2D eigenvalue weighted by Gasteiger charge is -2.22. The van der Waals surface area contributed by atoms with E-state index in [1.807, 2.05) is 0 Å². The van der Waals surface area contributed by atoms with Crippen molar-refractivity contribution in [2.75, 3.05) is 12.0 Å². The van der Waals surface area contributed by atoms with E-state index in [9.17, 15) is 29.6 Å². The molecule has 22 heavy (non-hydrogen) atoms. The monoisotopic (exact) mass is 324 g/mol. The van der Waals surface area contributed by atoms with Crippen LogP contribution in [0.2, 0.25) is 0 Å². The molecule has 1 aliphatic heterocycles. The van der Waals surface area contributed by atoms with Crippen molar-refractivity contribution in [1.29, 1.82) is 0 Å². The van der Waals surface area contributed by atoms with Crippen LogP contribution in [0.15, 0.2) is 18.2 Å². The summed E-state index contributed by atoms with van der Waals surface area (Å²) in [6, 6.07) is 2.02. The highest BCUT2D eigenvalue weighted by molar-refractivity contribution is 7.98. The van der Waals surface area contributed by atoms with Crippen molar-refractivity contribution in [1.82, 2.24) is 4.90 Å². The first kappa shape index (κ1) is 16.0. The summed E-state index contributed by atoms with van der Waals surface area (Å²) >= 11 is 1.40. The van der Waals surface area contributed by atoms with Crippen LogP contribution < -0.4 is 0 Å². The molecule has 1 aromatic carbocycles. The van der Waals surface area contributed by atoms with Gasteiger partial charge in [-0.1, -0.05) is 0 Å². The number of nitro groups is 1. The SMILES string of the molecule is CSCCC(C(=O)O)N1C(=O)c2ccc([N+](=O)[O-])cc2C1=O. The zero-order valence-corrected chi connectivity index (χ0v) is 12.3. The van der Waals surface area contributed by atoms with Gasteiger partial charge in [-0.15, -0.1) is 0 Å². The number of non-ortho nitro benzene ring substituents is 1. The highest BCUT2D eigenvalue weighted by Crippen LogP contribution is 2.29. The van der Waals surface area contributed by atoms with Crippen molar-refractivity contribution in [3.8, 4) is 0 Å². The summed E-state index contributed by atoms with van der Waals surface area (Å²) in [7, 11) is 0. The normalized spacial score (nSPS) is 14.9. The minimum Gasteiger partial charge on any atom is -0.480 e. The summed E-state index contributed by atoms with van der Waals surface area (Å²) in [5.74, 6) is -2.36. The van der Waals surface area contributed by atoms with E-state index < -0.39 is 28.7 Å². The molecular formula is C13H12N2O6S. The topological polar surface area (TPSA) is 118 Å². The number of nitrogens with zero attached hydrogens (tertiary/aromatic N) is 2. The molecule has 1 N–H and O–H groups in total. The lowest BCUT2D eigenvalue weighted by Crippen LogP contribution is -2.45. The van der Waals surface area contributed by atoms with Gasteiger partial charge in [0.1, 0.15) is 6.04 Å². The molecule has 0 spiro atoms. The fourth-order valence-electron chi connectivity index (χ4n) is 2.24. The average Bonchev–Trinajstić information content (AvgIpc) is 2.72. The smallest absolute Gasteiger partial charge is 0.326 e. The Kier molecular flexibility index (Phi) is 4.45. The quantitative estimate of drug-likeness (QED) is 0.477. The van der Waals surface area contributed by atoms with E-state index in [0.717, 1.165) is 12.1 Å². The van der Waals surface area contributed by atoms with E-state index in [-0.39, 0.29) is 23.2 Å². The Morgan fingerprint density at radius 2 is 2.00 bits per heavy atom. The fourth-order valence-corrected chi connectivity index (χ4v) is 2.70. The van der Waals surface area contributed by atoms with E-state index in [4.69, 9.17) is 0 Å². The predicted octanol–water partition coefficient (Wildman–Crippen LogP) is 1.40. The maximum Gasteiger partial charge on any atom is 0.326 e. The lowest BCUT2D eigenvalue weighted by atomic mass is 10.1. The Hall–Kier alpha value is -2.42. The van der Waals surface area contributed by atoms with Gasteiger partial charge in [0.05, 0.1) is 16.1 Å². The van der Waals surface area contributed by atoms with Crippen LogP contribution in [0.1, 0.15) is 27.1 Å². The van der Waals surface area contributed by atoms with Gasteiger partial charge in [-0.3, -0.25) is 24.6 Å². The van der Waals surface area contributed by atoms with Crippen molar-refractivity contribution >= 4 is 35.2 Å². The lowest BCUT2D eigenvalue weighted by molar-refractivity contribution is -0.384. The number of imide groups is 1. The summed E-state index contributed by atoms with van der Waals surface area (Å²) in [5, 5.41) is 20.0. The fraction of sp³-hybridized carbons (Fsp3) is 0.308. The molecule has 8 nitrogen and oxygen atoms in total.